The summed E-state index contributed by atoms with van der Waals surface area (Å²) < 4.78 is 20.5. The van der Waals surface area contributed by atoms with Gasteiger partial charge in [-0.05, 0) is 6.92 Å². The molecule has 0 unspecified atom stereocenters. The Labute approximate surface area is 183 Å². The van der Waals surface area contributed by atoms with E-state index >= 15 is 0 Å². The van der Waals surface area contributed by atoms with Crippen LogP contribution in [0.2, 0.25) is 0 Å². The Morgan fingerprint density at radius 3 is 2.19 bits per heavy atom. The lowest BCUT2D eigenvalue weighted by molar-refractivity contribution is -0.385. The molecule has 1 aromatic rings. The van der Waals surface area contributed by atoms with E-state index in [0.717, 1.165) is 28.1 Å². The molecule has 0 fully saturated rings. The van der Waals surface area contributed by atoms with Crippen LogP contribution < -0.4 is 0 Å². The number of carbonyl (C=O) groups is 4. The summed E-state index contributed by atoms with van der Waals surface area (Å²) in [7, 11) is 2.17. The highest BCUT2D eigenvalue weighted by Crippen LogP contribution is 2.51. The fourth-order valence-corrected chi connectivity index (χ4v) is 4.02. The van der Waals surface area contributed by atoms with Crippen LogP contribution in [0.1, 0.15) is 38.7 Å². The van der Waals surface area contributed by atoms with Gasteiger partial charge in [-0.2, -0.15) is 0 Å². The van der Waals surface area contributed by atoms with Crippen molar-refractivity contribution in [3.8, 4) is 0 Å². The van der Waals surface area contributed by atoms with E-state index in [0.29, 0.717) is 0 Å². The van der Waals surface area contributed by atoms with Crippen molar-refractivity contribution in [1.29, 1.82) is 0 Å². The third-order valence-corrected chi connectivity index (χ3v) is 5.09. The summed E-state index contributed by atoms with van der Waals surface area (Å²) in [4.78, 5) is 60.5. The van der Waals surface area contributed by atoms with Crippen LogP contribution in [0.5, 0.6) is 0 Å². The maximum atomic E-state index is 12.9. The van der Waals surface area contributed by atoms with Crippen LogP contribution in [0.4, 0.5) is 5.69 Å². The SMILES string of the molecule is COC(=O)C1=C(OC(C)=O)C[C@](C)(OC(C)=O)[C@H](C(=O)OC)[C@H]1c1ccccc1[N+](=O)[O-]. The van der Waals surface area contributed by atoms with Crippen molar-refractivity contribution in [2.45, 2.75) is 38.7 Å². The summed E-state index contributed by atoms with van der Waals surface area (Å²) in [5.41, 5.74) is -2.40. The van der Waals surface area contributed by atoms with Crippen LogP contribution in [0.25, 0.3) is 0 Å². The molecular weight excluding hydrogens is 426 g/mol. The maximum absolute atomic E-state index is 12.9. The molecule has 11 heteroatoms. The summed E-state index contributed by atoms with van der Waals surface area (Å²) in [6.45, 7) is 3.61. The zero-order chi connectivity index (χ0) is 24.2. The van der Waals surface area contributed by atoms with Crippen molar-refractivity contribution in [3.63, 3.8) is 0 Å². The molecule has 0 heterocycles. The van der Waals surface area contributed by atoms with Crippen molar-refractivity contribution in [2.24, 2.45) is 5.92 Å². The molecule has 0 amide bonds. The second-order valence-corrected chi connectivity index (χ2v) is 7.30. The second kappa shape index (κ2) is 9.58. The number of hydrogen-bond donors (Lipinski definition) is 0. The molecule has 0 saturated carbocycles. The minimum absolute atomic E-state index is 0.0453. The third-order valence-electron chi connectivity index (χ3n) is 5.09. The first-order valence-corrected chi connectivity index (χ1v) is 9.47. The Bertz CT molecular complexity index is 998. The molecule has 0 bridgehead atoms. The molecule has 0 aromatic heterocycles. The summed E-state index contributed by atoms with van der Waals surface area (Å²) in [5.74, 6) is -6.41. The number of esters is 4. The Morgan fingerprint density at radius 1 is 1.06 bits per heavy atom. The minimum Gasteiger partial charge on any atom is -0.469 e. The van der Waals surface area contributed by atoms with Crippen molar-refractivity contribution in [3.05, 3.63) is 51.3 Å². The van der Waals surface area contributed by atoms with Gasteiger partial charge in [0.15, 0.2) is 0 Å². The topological polar surface area (TPSA) is 148 Å². The molecule has 0 aliphatic heterocycles. The van der Waals surface area contributed by atoms with Gasteiger partial charge in [0, 0.05) is 37.8 Å². The van der Waals surface area contributed by atoms with E-state index in [4.69, 9.17) is 18.9 Å². The number of ether oxygens (including phenoxy) is 4. The van der Waals surface area contributed by atoms with E-state index in [2.05, 4.69) is 0 Å². The fraction of sp³-hybridized carbons (Fsp3) is 0.429. The highest BCUT2D eigenvalue weighted by molar-refractivity contribution is 5.94. The van der Waals surface area contributed by atoms with Crippen LogP contribution in [0, 0.1) is 16.0 Å². The Hall–Kier alpha value is -3.76. The number of carbonyl (C=O) groups excluding carboxylic acids is 4. The van der Waals surface area contributed by atoms with E-state index in [1.54, 1.807) is 0 Å². The predicted molar refractivity (Wildman–Crippen MR) is 107 cm³/mol. The quantitative estimate of drug-likeness (QED) is 0.274. The van der Waals surface area contributed by atoms with Gasteiger partial charge in [-0.15, -0.1) is 0 Å². The second-order valence-electron chi connectivity index (χ2n) is 7.30. The van der Waals surface area contributed by atoms with Gasteiger partial charge < -0.3 is 18.9 Å². The number of para-hydroxylation sites is 1. The van der Waals surface area contributed by atoms with Crippen molar-refractivity contribution < 1.29 is 43.0 Å². The van der Waals surface area contributed by atoms with Crippen molar-refractivity contribution in [1.82, 2.24) is 0 Å². The fourth-order valence-electron chi connectivity index (χ4n) is 4.02. The van der Waals surface area contributed by atoms with Crippen molar-refractivity contribution in [2.75, 3.05) is 14.2 Å². The Balaban J connectivity index is 2.98. The number of rotatable bonds is 6. The number of methoxy groups -OCH3 is 2. The molecular formula is C21H23NO10. The first-order chi connectivity index (χ1) is 15.0. The lowest BCUT2D eigenvalue weighted by Crippen LogP contribution is -2.51. The average Bonchev–Trinajstić information content (AvgIpc) is 2.70. The van der Waals surface area contributed by atoms with E-state index in [-0.39, 0.29) is 23.3 Å². The summed E-state index contributed by atoms with van der Waals surface area (Å²) >= 11 is 0. The maximum Gasteiger partial charge on any atom is 0.337 e. The van der Waals surface area contributed by atoms with Crippen LogP contribution in [-0.2, 0) is 38.1 Å². The largest absolute Gasteiger partial charge is 0.469 e. The summed E-state index contributed by atoms with van der Waals surface area (Å²) in [6.07, 6.45) is -0.354. The van der Waals surface area contributed by atoms with Crippen LogP contribution >= 0.6 is 0 Å². The summed E-state index contributed by atoms with van der Waals surface area (Å²) in [6, 6.07) is 5.45. The van der Waals surface area contributed by atoms with Gasteiger partial charge >= 0.3 is 23.9 Å². The van der Waals surface area contributed by atoms with E-state index < -0.39 is 51.9 Å². The first kappa shape index (κ1) is 24.5. The molecule has 1 aliphatic carbocycles. The molecule has 0 radical (unpaired) electrons. The first-order valence-electron chi connectivity index (χ1n) is 9.47. The highest BCUT2D eigenvalue weighted by atomic mass is 16.6. The van der Waals surface area contributed by atoms with Gasteiger partial charge in [-0.25, -0.2) is 4.79 Å². The Kier molecular flexibility index (Phi) is 7.34. The number of nitro groups is 1. The summed E-state index contributed by atoms with van der Waals surface area (Å²) in [5, 5.41) is 11.7. The molecule has 32 heavy (non-hydrogen) atoms. The smallest absolute Gasteiger partial charge is 0.337 e. The molecule has 1 aromatic carbocycles. The van der Waals surface area contributed by atoms with Gasteiger partial charge in [0.1, 0.15) is 17.3 Å². The Morgan fingerprint density at radius 2 is 1.69 bits per heavy atom. The minimum atomic E-state index is -1.67. The molecule has 3 atom stereocenters. The molecule has 11 nitrogen and oxygen atoms in total. The average molecular weight is 449 g/mol. The molecule has 172 valence electrons. The van der Waals surface area contributed by atoms with Gasteiger partial charge in [0.2, 0.25) is 0 Å². The number of nitro benzene ring substituents is 1. The van der Waals surface area contributed by atoms with Gasteiger partial charge in [0.25, 0.3) is 5.69 Å². The zero-order valence-corrected chi connectivity index (χ0v) is 18.2. The van der Waals surface area contributed by atoms with Crippen LogP contribution in [0.15, 0.2) is 35.6 Å². The molecule has 0 N–H and O–H groups in total. The molecule has 1 aliphatic rings. The molecule has 0 spiro atoms. The molecule has 2 rings (SSSR count). The zero-order valence-electron chi connectivity index (χ0n) is 18.2. The van der Waals surface area contributed by atoms with Gasteiger partial charge in [0.05, 0.1) is 24.7 Å². The van der Waals surface area contributed by atoms with Crippen molar-refractivity contribution >= 4 is 29.6 Å². The standard InChI is InChI=1S/C21H23NO10/c1-11(23)31-15-10-21(3,32-12(2)24)18(20(26)30-5)16(17(15)19(25)29-4)13-8-6-7-9-14(13)22(27)28/h6-9,16,18H,10H2,1-5H3/t16-,18-,21-/m0/s1. The number of hydrogen-bond acceptors (Lipinski definition) is 10. The number of nitrogens with zero attached hydrogens (tertiary/aromatic N) is 1. The van der Waals surface area contributed by atoms with Crippen LogP contribution in [-0.4, -0.2) is 48.6 Å². The van der Waals surface area contributed by atoms with Gasteiger partial charge in [-0.1, -0.05) is 18.2 Å². The third kappa shape index (κ3) is 4.76. The van der Waals surface area contributed by atoms with E-state index in [1.165, 1.54) is 31.2 Å². The lowest BCUT2D eigenvalue weighted by Gasteiger charge is -2.43. The highest BCUT2D eigenvalue weighted by Gasteiger charge is 2.57. The van der Waals surface area contributed by atoms with E-state index in [9.17, 15) is 29.3 Å². The predicted octanol–water partition coefficient (Wildman–Crippen LogP) is 2.18. The number of benzene rings is 1. The van der Waals surface area contributed by atoms with Crippen LogP contribution in [0.3, 0.4) is 0 Å². The molecule has 0 saturated heterocycles. The van der Waals surface area contributed by atoms with E-state index in [1.807, 2.05) is 0 Å². The monoisotopic (exact) mass is 449 g/mol. The normalized spacial score (nSPS) is 22.5. The lowest BCUT2D eigenvalue weighted by atomic mass is 9.65. The van der Waals surface area contributed by atoms with Gasteiger partial charge in [-0.3, -0.25) is 24.5 Å².